The van der Waals surface area contributed by atoms with E-state index >= 15 is 0 Å². The molecule has 2 rings (SSSR count). The molecule has 23 heavy (non-hydrogen) atoms. The molecule has 0 aliphatic heterocycles. The first kappa shape index (κ1) is 17.1. The Morgan fingerprint density at radius 3 is 2.30 bits per heavy atom. The van der Waals surface area contributed by atoms with Gasteiger partial charge in [0.05, 0.1) is 12.7 Å². The molecule has 0 saturated carbocycles. The molecule has 0 amide bonds. The lowest BCUT2D eigenvalue weighted by Gasteiger charge is -2.13. The molecule has 122 valence electrons. The monoisotopic (exact) mass is 331 g/mol. The number of hydrogen-bond acceptors (Lipinski definition) is 4. The van der Waals surface area contributed by atoms with Gasteiger partial charge in [0.25, 0.3) is 0 Å². The second-order valence-electron chi connectivity index (χ2n) is 5.17. The maximum atomic E-state index is 5.74. The number of aryl methyl sites for hydroxylation is 2. The van der Waals surface area contributed by atoms with Crippen molar-refractivity contribution in [1.29, 1.82) is 0 Å². The molecule has 0 atom stereocenters. The van der Waals surface area contributed by atoms with Gasteiger partial charge >= 0.3 is 0 Å². The molecule has 4 nitrogen and oxygen atoms in total. The minimum Gasteiger partial charge on any atom is -0.497 e. The van der Waals surface area contributed by atoms with Crippen molar-refractivity contribution in [3.8, 4) is 17.2 Å². The van der Waals surface area contributed by atoms with Crippen LogP contribution in [0.1, 0.15) is 16.7 Å². The summed E-state index contributed by atoms with van der Waals surface area (Å²) < 4.78 is 16.6. The third kappa shape index (κ3) is 4.60. The van der Waals surface area contributed by atoms with Crippen molar-refractivity contribution in [2.24, 2.45) is 5.73 Å². The highest BCUT2D eigenvalue weighted by Gasteiger charge is 2.08. The van der Waals surface area contributed by atoms with E-state index in [-0.39, 0.29) is 4.99 Å². The Kier molecular flexibility index (Phi) is 5.82. The smallest absolute Gasteiger partial charge is 0.133 e. The van der Waals surface area contributed by atoms with Crippen molar-refractivity contribution < 1.29 is 14.2 Å². The molecule has 2 aromatic rings. The predicted octanol–water partition coefficient (Wildman–Crippen LogP) is 3.40. The molecule has 0 saturated heterocycles. The van der Waals surface area contributed by atoms with E-state index in [1.807, 2.05) is 18.2 Å². The van der Waals surface area contributed by atoms with E-state index in [0.717, 1.165) is 5.75 Å². The fraction of sp³-hybridized carbons (Fsp3) is 0.278. The fourth-order valence-corrected chi connectivity index (χ4v) is 2.24. The minimum atomic E-state index is 0.290. The SMILES string of the molecule is COc1ccc(C(N)=S)c(OCCOc2ccc(C)c(C)c2)c1. The van der Waals surface area contributed by atoms with Crippen molar-refractivity contribution in [2.45, 2.75) is 13.8 Å². The van der Waals surface area contributed by atoms with E-state index in [0.29, 0.717) is 30.3 Å². The van der Waals surface area contributed by atoms with Crippen LogP contribution in [0.5, 0.6) is 17.2 Å². The van der Waals surface area contributed by atoms with Crippen LogP contribution in [0.4, 0.5) is 0 Å². The third-order valence-electron chi connectivity index (χ3n) is 3.54. The van der Waals surface area contributed by atoms with Gasteiger partial charge in [-0.05, 0) is 49.2 Å². The Bertz CT molecular complexity index is 701. The molecule has 0 aromatic heterocycles. The lowest BCUT2D eigenvalue weighted by Crippen LogP contribution is -2.14. The summed E-state index contributed by atoms with van der Waals surface area (Å²) in [6, 6.07) is 11.4. The van der Waals surface area contributed by atoms with Gasteiger partial charge in [0.2, 0.25) is 0 Å². The summed E-state index contributed by atoms with van der Waals surface area (Å²) >= 11 is 5.04. The quantitative estimate of drug-likeness (QED) is 0.622. The average molecular weight is 331 g/mol. The Balaban J connectivity index is 1.95. The van der Waals surface area contributed by atoms with Crippen molar-refractivity contribution >= 4 is 17.2 Å². The van der Waals surface area contributed by atoms with Crippen LogP contribution in [-0.4, -0.2) is 25.3 Å². The lowest BCUT2D eigenvalue weighted by atomic mass is 10.1. The van der Waals surface area contributed by atoms with E-state index in [2.05, 4.69) is 13.8 Å². The summed E-state index contributed by atoms with van der Waals surface area (Å²) in [7, 11) is 1.60. The molecule has 0 radical (unpaired) electrons. The Labute approximate surface area is 142 Å². The second kappa shape index (κ2) is 7.83. The number of hydrogen-bond donors (Lipinski definition) is 1. The molecule has 0 unspecified atom stereocenters. The van der Waals surface area contributed by atoms with E-state index in [4.69, 9.17) is 32.2 Å². The van der Waals surface area contributed by atoms with Crippen LogP contribution >= 0.6 is 12.2 Å². The summed E-state index contributed by atoms with van der Waals surface area (Å²) in [5, 5.41) is 0. The largest absolute Gasteiger partial charge is 0.497 e. The summed E-state index contributed by atoms with van der Waals surface area (Å²) in [5.74, 6) is 2.12. The van der Waals surface area contributed by atoms with Crippen LogP contribution in [0.25, 0.3) is 0 Å². The highest BCUT2D eigenvalue weighted by atomic mass is 32.1. The van der Waals surface area contributed by atoms with Crippen molar-refractivity contribution in [2.75, 3.05) is 20.3 Å². The standard InChI is InChI=1S/C18H21NO3S/c1-12-4-5-15(10-13(12)2)21-8-9-22-17-11-14(20-3)6-7-16(17)18(19)23/h4-7,10-11H,8-9H2,1-3H3,(H2,19,23). The Morgan fingerprint density at radius 2 is 1.65 bits per heavy atom. The number of rotatable bonds is 7. The van der Waals surface area contributed by atoms with Crippen LogP contribution in [0.3, 0.4) is 0 Å². The zero-order valence-electron chi connectivity index (χ0n) is 13.6. The molecule has 2 aromatic carbocycles. The summed E-state index contributed by atoms with van der Waals surface area (Å²) in [4.78, 5) is 0.290. The molecule has 0 spiro atoms. The van der Waals surface area contributed by atoms with Gasteiger partial charge in [0.1, 0.15) is 35.5 Å². The maximum absolute atomic E-state index is 5.74. The van der Waals surface area contributed by atoms with Gasteiger partial charge in [0.15, 0.2) is 0 Å². The first-order chi connectivity index (χ1) is 11.0. The zero-order chi connectivity index (χ0) is 16.8. The Morgan fingerprint density at radius 1 is 0.957 bits per heavy atom. The number of thiocarbonyl (C=S) groups is 1. The van der Waals surface area contributed by atoms with Gasteiger partial charge < -0.3 is 19.9 Å². The molecule has 0 aliphatic carbocycles. The van der Waals surface area contributed by atoms with Crippen molar-refractivity contribution in [3.05, 3.63) is 53.1 Å². The van der Waals surface area contributed by atoms with Crippen LogP contribution in [-0.2, 0) is 0 Å². The summed E-state index contributed by atoms with van der Waals surface area (Å²) in [6.45, 7) is 4.94. The molecule has 0 aliphatic rings. The number of ether oxygens (including phenoxy) is 3. The number of methoxy groups -OCH3 is 1. The third-order valence-corrected chi connectivity index (χ3v) is 3.76. The van der Waals surface area contributed by atoms with E-state index in [1.54, 1.807) is 25.3 Å². The summed E-state index contributed by atoms with van der Waals surface area (Å²) in [5.41, 5.74) is 8.84. The van der Waals surface area contributed by atoms with Crippen LogP contribution in [0.2, 0.25) is 0 Å². The van der Waals surface area contributed by atoms with Gasteiger partial charge in [-0.3, -0.25) is 0 Å². The van der Waals surface area contributed by atoms with Gasteiger partial charge in [-0.25, -0.2) is 0 Å². The van der Waals surface area contributed by atoms with E-state index in [1.165, 1.54) is 11.1 Å². The van der Waals surface area contributed by atoms with Crippen molar-refractivity contribution in [1.82, 2.24) is 0 Å². The molecular weight excluding hydrogens is 310 g/mol. The van der Waals surface area contributed by atoms with E-state index < -0.39 is 0 Å². The highest BCUT2D eigenvalue weighted by Crippen LogP contribution is 2.25. The molecule has 0 heterocycles. The van der Waals surface area contributed by atoms with Gasteiger partial charge in [0, 0.05) is 6.07 Å². The van der Waals surface area contributed by atoms with Crippen molar-refractivity contribution in [3.63, 3.8) is 0 Å². The van der Waals surface area contributed by atoms with Gasteiger partial charge in [-0.15, -0.1) is 0 Å². The van der Waals surface area contributed by atoms with Crippen LogP contribution in [0.15, 0.2) is 36.4 Å². The van der Waals surface area contributed by atoms with Crippen LogP contribution < -0.4 is 19.9 Å². The predicted molar refractivity (Wildman–Crippen MR) is 95.8 cm³/mol. The maximum Gasteiger partial charge on any atom is 0.133 e. The molecule has 2 N–H and O–H groups in total. The summed E-state index contributed by atoms with van der Waals surface area (Å²) in [6.07, 6.45) is 0. The fourth-order valence-electron chi connectivity index (χ4n) is 2.07. The normalized spacial score (nSPS) is 10.2. The first-order valence-corrected chi connectivity index (χ1v) is 7.73. The number of benzene rings is 2. The topological polar surface area (TPSA) is 53.7 Å². The van der Waals surface area contributed by atoms with Crippen LogP contribution in [0, 0.1) is 13.8 Å². The highest BCUT2D eigenvalue weighted by molar-refractivity contribution is 7.80. The Hall–Kier alpha value is -2.27. The number of nitrogens with two attached hydrogens (primary N) is 1. The minimum absolute atomic E-state index is 0.290. The first-order valence-electron chi connectivity index (χ1n) is 7.32. The van der Waals surface area contributed by atoms with Gasteiger partial charge in [-0.2, -0.15) is 0 Å². The molecule has 5 heteroatoms. The zero-order valence-corrected chi connectivity index (χ0v) is 14.4. The molecule has 0 fully saturated rings. The lowest BCUT2D eigenvalue weighted by molar-refractivity contribution is 0.216. The average Bonchev–Trinajstić information content (AvgIpc) is 2.54. The van der Waals surface area contributed by atoms with Gasteiger partial charge in [-0.1, -0.05) is 18.3 Å². The second-order valence-corrected chi connectivity index (χ2v) is 5.61. The van der Waals surface area contributed by atoms with E-state index in [9.17, 15) is 0 Å². The molecular formula is C18H21NO3S. The molecule has 0 bridgehead atoms.